The number of urea groups is 1. The molecule has 0 fully saturated rings. The number of amides is 3. The quantitative estimate of drug-likeness (QED) is 0.721. The number of benzene rings is 1. The lowest BCUT2D eigenvalue weighted by atomic mass is 10.1. The second-order valence-electron chi connectivity index (χ2n) is 4.96. The maximum absolute atomic E-state index is 11.9. The van der Waals surface area contributed by atoms with Gasteiger partial charge in [-0.15, -0.1) is 0 Å². The van der Waals surface area contributed by atoms with Crippen molar-refractivity contribution in [2.45, 2.75) is 19.5 Å². The van der Waals surface area contributed by atoms with Gasteiger partial charge in [-0.05, 0) is 36.8 Å². The lowest BCUT2D eigenvalue weighted by Crippen LogP contribution is -2.42. The summed E-state index contributed by atoms with van der Waals surface area (Å²) >= 11 is 3.39. The van der Waals surface area contributed by atoms with Crippen LogP contribution in [0.25, 0.3) is 0 Å². The van der Waals surface area contributed by atoms with E-state index in [1.165, 1.54) is 6.26 Å². The highest BCUT2D eigenvalue weighted by molar-refractivity contribution is 9.10. The topological polar surface area (TPSA) is 83.4 Å². The molecule has 0 radical (unpaired) electrons. The van der Waals surface area contributed by atoms with E-state index in [4.69, 9.17) is 4.42 Å². The van der Waals surface area contributed by atoms with E-state index in [1.54, 1.807) is 12.1 Å². The second kappa shape index (κ2) is 8.38. The molecule has 1 heterocycles. The van der Waals surface area contributed by atoms with Crippen molar-refractivity contribution < 1.29 is 14.0 Å². The zero-order valence-corrected chi connectivity index (χ0v) is 14.2. The molecule has 1 aromatic carbocycles. The van der Waals surface area contributed by atoms with E-state index in [2.05, 4.69) is 31.9 Å². The van der Waals surface area contributed by atoms with Crippen LogP contribution in [0.2, 0.25) is 0 Å². The number of halogens is 1. The summed E-state index contributed by atoms with van der Waals surface area (Å²) in [6.07, 6.45) is 1.53. The van der Waals surface area contributed by atoms with E-state index in [9.17, 15) is 9.59 Å². The number of nitrogens with one attached hydrogen (secondary N) is 3. The minimum atomic E-state index is -0.424. The first-order chi connectivity index (χ1) is 11.0. The molecule has 3 N–H and O–H groups in total. The summed E-state index contributed by atoms with van der Waals surface area (Å²) in [5.74, 6) is 0.388. The fraction of sp³-hybridized carbons (Fsp3) is 0.250. The van der Waals surface area contributed by atoms with Crippen molar-refractivity contribution >= 4 is 27.9 Å². The zero-order valence-electron chi connectivity index (χ0n) is 12.6. The van der Waals surface area contributed by atoms with E-state index >= 15 is 0 Å². The van der Waals surface area contributed by atoms with E-state index in [0.29, 0.717) is 5.76 Å². The smallest absolute Gasteiger partial charge is 0.315 e. The van der Waals surface area contributed by atoms with Crippen molar-refractivity contribution in [3.05, 3.63) is 58.5 Å². The maximum atomic E-state index is 11.9. The van der Waals surface area contributed by atoms with Crippen LogP contribution in [-0.2, 0) is 11.3 Å². The van der Waals surface area contributed by atoms with Gasteiger partial charge in [-0.25, -0.2) is 4.79 Å². The molecular weight excluding hydrogens is 362 g/mol. The van der Waals surface area contributed by atoms with Crippen LogP contribution >= 0.6 is 15.9 Å². The summed E-state index contributed by atoms with van der Waals surface area (Å²) in [5, 5.41) is 7.93. The summed E-state index contributed by atoms with van der Waals surface area (Å²) in [5.41, 5.74) is 0.981. The molecule has 0 aliphatic heterocycles. The van der Waals surface area contributed by atoms with Crippen molar-refractivity contribution in [3.8, 4) is 0 Å². The SMILES string of the molecule is C[C@@H](NC(=O)CNC(=O)NCc1ccco1)c1cccc(Br)c1. The summed E-state index contributed by atoms with van der Waals surface area (Å²) in [7, 11) is 0. The number of hydrogen-bond acceptors (Lipinski definition) is 3. The van der Waals surface area contributed by atoms with Crippen molar-refractivity contribution in [3.63, 3.8) is 0 Å². The van der Waals surface area contributed by atoms with E-state index in [0.717, 1.165) is 10.0 Å². The molecule has 0 saturated carbocycles. The Morgan fingerprint density at radius 2 is 2.04 bits per heavy atom. The summed E-state index contributed by atoms with van der Waals surface area (Å²) in [6.45, 7) is 2.06. The number of hydrogen-bond donors (Lipinski definition) is 3. The fourth-order valence-corrected chi connectivity index (χ4v) is 2.37. The van der Waals surface area contributed by atoms with Gasteiger partial charge >= 0.3 is 6.03 Å². The summed E-state index contributed by atoms with van der Waals surface area (Å²) in [6, 6.07) is 10.6. The van der Waals surface area contributed by atoms with Crippen molar-refractivity contribution in [2.75, 3.05) is 6.54 Å². The molecule has 0 aliphatic rings. The zero-order chi connectivity index (χ0) is 16.7. The van der Waals surface area contributed by atoms with Gasteiger partial charge in [0.1, 0.15) is 5.76 Å². The fourth-order valence-electron chi connectivity index (χ4n) is 1.96. The molecule has 23 heavy (non-hydrogen) atoms. The molecule has 2 aromatic rings. The molecule has 1 aromatic heterocycles. The number of furan rings is 1. The number of carbonyl (C=O) groups excluding carboxylic acids is 2. The first-order valence-electron chi connectivity index (χ1n) is 7.13. The van der Waals surface area contributed by atoms with Crippen molar-refractivity contribution in [1.82, 2.24) is 16.0 Å². The standard InChI is InChI=1S/C16H18BrN3O3/c1-11(12-4-2-5-13(17)8-12)20-15(21)10-19-16(22)18-9-14-6-3-7-23-14/h2-8,11H,9-10H2,1H3,(H,20,21)(H2,18,19,22)/t11-/m1/s1. The van der Waals surface area contributed by atoms with Gasteiger partial charge in [-0.1, -0.05) is 28.1 Å². The molecule has 122 valence electrons. The van der Waals surface area contributed by atoms with E-state index in [1.807, 2.05) is 31.2 Å². The molecule has 7 heteroatoms. The molecule has 0 saturated heterocycles. The Morgan fingerprint density at radius 3 is 2.74 bits per heavy atom. The second-order valence-corrected chi connectivity index (χ2v) is 5.88. The van der Waals surface area contributed by atoms with Gasteiger partial charge in [0.15, 0.2) is 0 Å². The number of carbonyl (C=O) groups is 2. The highest BCUT2D eigenvalue weighted by Gasteiger charge is 2.11. The van der Waals surface area contributed by atoms with Crippen LogP contribution in [0.5, 0.6) is 0 Å². The van der Waals surface area contributed by atoms with Crippen LogP contribution < -0.4 is 16.0 Å². The monoisotopic (exact) mass is 379 g/mol. The Morgan fingerprint density at radius 1 is 1.22 bits per heavy atom. The van der Waals surface area contributed by atoms with E-state index < -0.39 is 6.03 Å². The lowest BCUT2D eigenvalue weighted by Gasteiger charge is -2.15. The van der Waals surface area contributed by atoms with Crippen LogP contribution in [-0.4, -0.2) is 18.5 Å². The van der Waals surface area contributed by atoms with Crippen LogP contribution in [0.1, 0.15) is 24.3 Å². The largest absolute Gasteiger partial charge is 0.467 e. The minimum absolute atomic E-state index is 0.0949. The van der Waals surface area contributed by atoms with Crippen LogP contribution in [0.4, 0.5) is 4.79 Å². The predicted molar refractivity (Wildman–Crippen MR) is 89.6 cm³/mol. The average Bonchev–Trinajstić information content (AvgIpc) is 3.04. The Hall–Kier alpha value is -2.28. The first-order valence-corrected chi connectivity index (χ1v) is 7.93. The van der Waals surface area contributed by atoms with Gasteiger partial charge < -0.3 is 20.4 Å². The minimum Gasteiger partial charge on any atom is -0.467 e. The van der Waals surface area contributed by atoms with Gasteiger partial charge in [-0.2, -0.15) is 0 Å². The van der Waals surface area contributed by atoms with Gasteiger partial charge in [0, 0.05) is 4.47 Å². The Bertz CT molecular complexity index is 658. The van der Waals surface area contributed by atoms with Crippen LogP contribution in [0, 0.1) is 0 Å². The Labute approximate surface area is 142 Å². The van der Waals surface area contributed by atoms with Crippen LogP contribution in [0.3, 0.4) is 0 Å². The van der Waals surface area contributed by atoms with E-state index in [-0.39, 0.29) is 25.0 Å². The molecule has 3 amide bonds. The van der Waals surface area contributed by atoms with Gasteiger partial charge in [0.2, 0.25) is 5.91 Å². The molecular formula is C16H18BrN3O3. The molecule has 0 aliphatic carbocycles. The third kappa shape index (κ3) is 5.78. The molecule has 0 bridgehead atoms. The summed E-state index contributed by atoms with van der Waals surface area (Å²) in [4.78, 5) is 23.5. The summed E-state index contributed by atoms with van der Waals surface area (Å²) < 4.78 is 6.05. The average molecular weight is 380 g/mol. The molecule has 2 rings (SSSR count). The third-order valence-corrected chi connectivity index (χ3v) is 3.63. The molecule has 0 spiro atoms. The van der Waals surface area contributed by atoms with Crippen LogP contribution in [0.15, 0.2) is 51.6 Å². The van der Waals surface area contributed by atoms with Gasteiger partial charge in [0.05, 0.1) is 25.4 Å². The highest BCUT2D eigenvalue weighted by atomic mass is 79.9. The highest BCUT2D eigenvalue weighted by Crippen LogP contribution is 2.17. The number of rotatable bonds is 6. The first kappa shape index (κ1) is 17.1. The third-order valence-electron chi connectivity index (χ3n) is 3.14. The molecule has 0 unspecified atom stereocenters. The lowest BCUT2D eigenvalue weighted by molar-refractivity contribution is -0.120. The molecule has 1 atom stereocenters. The Balaban J connectivity index is 1.71. The maximum Gasteiger partial charge on any atom is 0.315 e. The molecule has 6 nitrogen and oxygen atoms in total. The van der Waals surface area contributed by atoms with Crippen molar-refractivity contribution in [1.29, 1.82) is 0 Å². The van der Waals surface area contributed by atoms with Crippen molar-refractivity contribution in [2.24, 2.45) is 0 Å². The Kier molecular flexibility index (Phi) is 6.22. The predicted octanol–water partition coefficient (Wildman–Crippen LogP) is 2.72. The normalized spacial score (nSPS) is 11.6. The van der Waals surface area contributed by atoms with Gasteiger partial charge in [-0.3, -0.25) is 4.79 Å². The van der Waals surface area contributed by atoms with Gasteiger partial charge in [0.25, 0.3) is 0 Å².